The van der Waals surface area contributed by atoms with Gasteiger partial charge in [0.2, 0.25) is 0 Å². The fraction of sp³-hybridized carbons (Fsp3) is 0.600. The van der Waals surface area contributed by atoms with Gasteiger partial charge in [-0.3, -0.25) is 9.48 Å². The third-order valence-corrected chi connectivity index (χ3v) is 5.21. The molecule has 2 rings (SSSR count). The highest BCUT2D eigenvalue weighted by Gasteiger charge is 2.44. The van der Waals surface area contributed by atoms with E-state index < -0.39 is 22.0 Å². The summed E-state index contributed by atoms with van der Waals surface area (Å²) in [6.45, 7) is 1.98. The Labute approximate surface area is 105 Å². The molecule has 100 valence electrons. The number of aliphatic carboxylic acids is 1. The van der Waals surface area contributed by atoms with E-state index in [0.29, 0.717) is 6.42 Å². The largest absolute Gasteiger partial charge is 0.480 e. The van der Waals surface area contributed by atoms with E-state index in [0.717, 1.165) is 4.31 Å². The summed E-state index contributed by atoms with van der Waals surface area (Å²) in [5.41, 5.74) is 0. The van der Waals surface area contributed by atoms with Crippen LogP contribution in [0.25, 0.3) is 0 Å². The molecular weight excluding hydrogens is 258 g/mol. The number of carbonyl (C=O) groups is 1. The van der Waals surface area contributed by atoms with Crippen LogP contribution in [-0.2, 0) is 21.9 Å². The van der Waals surface area contributed by atoms with E-state index in [-0.39, 0.29) is 17.5 Å². The quantitative estimate of drug-likeness (QED) is 0.830. The minimum atomic E-state index is -3.80. The average Bonchev–Trinajstić information content (AvgIpc) is 2.84. The summed E-state index contributed by atoms with van der Waals surface area (Å²) in [7, 11) is -2.28. The molecule has 2 heterocycles. The molecule has 1 aromatic rings. The minimum absolute atomic E-state index is 0.0165. The van der Waals surface area contributed by atoms with Gasteiger partial charge in [-0.2, -0.15) is 9.40 Å². The molecule has 2 unspecified atom stereocenters. The summed E-state index contributed by atoms with van der Waals surface area (Å²) in [4.78, 5) is 11.2. The fourth-order valence-electron chi connectivity index (χ4n) is 2.28. The van der Waals surface area contributed by atoms with Crippen LogP contribution in [0.15, 0.2) is 17.3 Å². The van der Waals surface area contributed by atoms with Crippen molar-refractivity contribution in [3.63, 3.8) is 0 Å². The molecule has 18 heavy (non-hydrogen) atoms. The summed E-state index contributed by atoms with van der Waals surface area (Å²) in [6.07, 6.45) is 1.93. The van der Waals surface area contributed by atoms with Crippen LogP contribution in [-0.4, -0.2) is 46.2 Å². The van der Waals surface area contributed by atoms with Crippen molar-refractivity contribution in [1.29, 1.82) is 0 Å². The van der Waals surface area contributed by atoms with Gasteiger partial charge >= 0.3 is 5.97 Å². The monoisotopic (exact) mass is 273 g/mol. The highest BCUT2D eigenvalue weighted by atomic mass is 32.2. The van der Waals surface area contributed by atoms with Gasteiger partial charge in [0.1, 0.15) is 6.04 Å². The van der Waals surface area contributed by atoms with Crippen molar-refractivity contribution in [2.45, 2.75) is 24.4 Å². The number of nitrogens with zero attached hydrogens (tertiary/aromatic N) is 3. The van der Waals surface area contributed by atoms with Gasteiger partial charge in [-0.05, 0) is 18.4 Å². The third-order valence-electron chi connectivity index (χ3n) is 3.26. The highest BCUT2D eigenvalue weighted by Crippen LogP contribution is 2.29. The Morgan fingerprint density at radius 2 is 2.22 bits per heavy atom. The highest BCUT2D eigenvalue weighted by molar-refractivity contribution is 7.89. The van der Waals surface area contributed by atoms with Crippen LogP contribution in [0, 0.1) is 5.92 Å². The first-order valence-electron chi connectivity index (χ1n) is 5.58. The number of hydrogen-bond acceptors (Lipinski definition) is 4. The number of carboxylic acids is 1. The number of hydrogen-bond donors (Lipinski definition) is 1. The van der Waals surface area contributed by atoms with Gasteiger partial charge in [-0.25, -0.2) is 8.42 Å². The molecule has 1 saturated heterocycles. The lowest BCUT2D eigenvalue weighted by molar-refractivity contribution is -0.141. The zero-order valence-electron chi connectivity index (χ0n) is 10.1. The van der Waals surface area contributed by atoms with Crippen LogP contribution >= 0.6 is 0 Å². The molecular formula is C10H15N3O4S. The predicted molar refractivity (Wildman–Crippen MR) is 62.3 cm³/mol. The second-order valence-corrected chi connectivity index (χ2v) is 6.30. The molecule has 0 aromatic carbocycles. The predicted octanol–water partition coefficient (Wildman–Crippen LogP) is -0.0962. The molecule has 0 amide bonds. The Kier molecular flexibility index (Phi) is 3.16. The molecule has 2 atom stereocenters. The second kappa shape index (κ2) is 4.36. The van der Waals surface area contributed by atoms with Gasteiger partial charge in [-0.1, -0.05) is 6.92 Å². The zero-order chi connectivity index (χ0) is 13.5. The lowest BCUT2D eigenvalue weighted by atomic mass is 10.0. The van der Waals surface area contributed by atoms with E-state index in [1.54, 1.807) is 6.92 Å². The van der Waals surface area contributed by atoms with Gasteiger partial charge in [0.25, 0.3) is 10.0 Å². The summed E-state index contributed by atoms with van der Waals surface area (Å²) in [6, 6.07) is 0.377. The molecule has 7 nitrogen and oxygen atoms in total. The molecule has 0 bridgehead atoms. The minimum Gasteiger partial charge on any atom is -0.480 e. The molecule has 8 heteroatoms. The Bertz CT molecular complexity index is 565. The molecule has 1 fully saturated rings. The van der Waals surface area contributed by atoms with Crippen LogP contribution in [0.4, 0.5) is 0 Å². The van der Waals surface area contributed by atoms with Crippen LogP contribution in [0.1, 0.15) is 13.3 Å². The number of sulfonamides is 1. The molecule has 0 spiro atoms. The Balaban J connectivity index is 2.43. The lowest BCUT2D eigenvalue weighted by Crippen LogP contribution is -2.43. The fourth-order valence-corrected chi connectivity index (χ4v) is 4.08. The van der Waals surface area contributed by atoms with E-state index >= 15 is 0 Å². The SMILES string of the molecule is CC1CCN(S(=O)(=O)c2ccnn2C)C1C(=O)O. The maximum Gasteiger partial charge on any atom is 0.322 e. The van der Waals surface area contributed by atoms with E-state index in [4.69, 9.17) is 5.11 Å². The Morgan fingerprint density at radius 1 is 1.56 bits per heavy atom. The first-order chi connectivity index (χ1) is 8.35. The first kappa shape index (κ1) is 13.0. The maximum atomic E-state index is 12.4. The molecule has 0 radical (unpaired) electrons. The van der Waals surface area contributed by atoms with Gasteiger partial charge in [-0.15, -0.1) is 0 Å². The Morgan fingerprint density at radius 3 is 2.72 bits per heavy atom. The first-order valence-corrected chi connectivity index (χ1v) is 7.02. The van der Waals surface area contributed by atoms with E-state index in [1.807, 2.05) is 0 Å². The second-order valence-electron chi connectivity index (χ2n) is 4.46. The van der Waals surface area contributed by atoms with Crippen molar-refractivity contribution in [2.75, 3.05) is 6.54 Å². The number of aryl methyl sites for hydroxylation is 1. The molecule has 1 aromatic heterocycles. The molecule has 1 N–H and O–H groups in total. The van der Waals surface area contributed by atoms with Crippen LogP contribution in [0.2, 0.25) is 0 Å². The standard InChI is InChI=1S/C10H15N3O4S/c1-7-4-6-13(9(7)10(14)15)18(16,17)8-3-5-11-12(8)2/h3,5,7,9H,4,6H2,1-2H3,(H,14,15). The number of rotatable bonds is 3. The van der Waals surface area contributed by atoms with Crippen molar-refractivity contribution in [1.82, 2.24) is 14.1 Å². The van der Waals surface area contributed by atoms with Crippen molar-refractivity contribution < 1.29 is 18.3 Å². The molecule has 0 aliphatic carbocycles. The van der Waals surface area contributed by atoms with Gasteiger partial charge in [0.05, 0.1) is 6.20 Å². The summed E-state index contributed by atoms with van der Waals surface area (Å²) in [5, 5.41) is 13.0. The smallest absolute Gasteiger partial charge is 0.322 e. The van der Waals surface area contributed by atoms with Crippen molar-refractivity contribution in [3.8, 4) is 0 Å². The maximum absolute atomic E-state index is 12.4. The van der Waals surface area contributed by atoms with Gasteiger partial charge in [0, 0.05) is 13.6 Å². The number of carboxylic acid groups (broad SMARTS) is 1. The zero-order valence-corrected chi connectivity index (χ0v) is 11.0. The van der Waals surface area contributed by atoms with Crippen LogP contribution < -0.4 is 0 Å². The summed E-state index contributed by atoms with van der Waals surface area (Å²) >= 11 is 0. The normalized spacial score (nSPS) is 25.4. The third kappa shape index (κ3) is 1.91. The van der Waals surface area contributed by atoms with Crippen molar-refractivity contribution in [2.24, 2.45) is 13.0 Å². The number of aromatic nitrogens is 2. The van der Waals surface area contributed by atoms with E-state index in [2.05, 4.69) is 5.10 Å². The van der Waals surface area contributed by atoms with E-state index in [9.17, 15) is 13.2 Å². The van der Waals surface area contributed by atoms with Crippen molar-refractivity contribution >= 4 is 16.0 Å². The Hall–Kier alpha value is -1.41. The molecule has 0 saturated carbocycles. The molecule has 1 aliphatic rings. The van der Waals surface area contributed by atoms with E-state index in [1.165, 1.54) is 24.0 Å². The summed E-state index contributed by atoms with van der Waals surface area (Å²) < 4.78 is 27.0. The van der Waals surface area contributed by atoms with Gasteiger partial charge < -0.3 is 5.11 Å². The van der Waals surface area contributed by atoms with Crippen LogP contribution in [0.3, 0.4) is 0 Å². The molecule has 1 aliphatic heterocycles. The van der Waals surface area contributed by atoms with Crippen LogP contribution in [0.5, 0.6) is 0 Å². The lowest BCUT2D eigenvalue weighted by Gasteiger charge is -2.22. The summed E-state index contributed by atoms with van der Waals surface area (Å²) in [5.74, 6) is -1.30. The van der Waals surface area contributed by atoms with Crippen molar-refractivity contribution in [3.05, 3.63) is 12.3 Å². The topological polar surface area (TPSA) is 92.5 Å². The average molecular weight is 273 g/mol. The van der Waals surface area contributed by atoms with Gasteiger partial charge in [0.15, 0.2) is 5.03 Å².